The zero-order chi connectivity index (χ0) is 23.3. The maximum atomic E-state index is 13.0. The fourth-order valence-electron chi connectivity index (χ4n) is 6.71. The molecule has 1 aromatic rings. The second-order valence-corrected chi connectivity index (χ2v) is 10.9. The molecule has 1 N–H and O–H groups in total. The first-order chi connectivity index (χ1) is 16.5. The lowest BCUT2D eigenvalue weighted by Gasteiger charge is -2.42. The third kappa shape index (κ3) is 3.93. The van der Waals surface area contributed by atoms with Crippen LogP contribution >= 0.6 is 0 Å². The van der Waals surface area contributed by atoms with Crippen LogP contribution in [0.15, 0.2) is 30.5 Å². The molecule has 4 heterocycles. The third-order valence-electron chi connectivity index (χ3n) is 8.82. The quantitative estimate of drug-likeness (QED) is 0.739. The smallest absolute Gasteiger partial charge is 0.255 e. The Bertz CT molecular complexity index is 992. The van der Waals surface area contributed by atoms with E-state index in [2.05, 4.69) is 16.8 Å². The molecule has 2 amide bonds. The number of hydrogen-bond donors (Lipinski definition) is 1. The zero-order valence-corrected chi connectivity index (χ0v) is 19.9. The summed E-state index contributed by atoms with van der Waals surface area (Å²) in [7, 11) is 0. The van der Waals surface area contributed by atoms with Gasteiger partial charge in [0.05, 0.1) is 6.61 Å². The van der Waals surface area contributed by atoms with Crippen molar-refractivity contribution in [2.75, 3.05) is 26.3 Å². The number of piperidine rings is 2. The van der Waals surface area contributed by atoms with Gasteiger partial charge in [0.2, 0.25) is 5.91 Å². The lowest BCUT2D eigenvalue weighted by molar-refractivity contribution is -0.126. The van der Waals surface area contributed by atoms with Gasteiger partial charge in [-0.1, -0.05) is 6.58 Å². The van der Waals surface area contributed by atoms with Crippen molar-refractivity contribution in [1.29, 1.82) is 0 Å². The molecular weight excluding hydrogens is 430 g/mol. The van der Waals surface area contributed by atoms with Gasteiger partial charge in [-0.3, -0.25) is 14.5 Å². The highest BCUT2D eigenvalue weighted by Gasteiger charge is 2.43. The van der Waals surface area contributed by atoms with E-state index in [1.165, 1.54) is 32.1 Å². The maximum Gasteiger partial charge on any atom is 0.255 e. The molecule has 1 saturated carbocycles. The molecule has 0 bridgehead atoms. The molecule has 5 aliphatic rings. The fraction of sp³-hybridized carbons (Fsp3) is 0.630. The lowest BCUT2D eigenvalue weighted by atomic mass is 9.77. The summed E-state index contributed by atoms with van der Waals surface area (Å²) < 4.78 is 12.3. The predicted molar refractivity (Wildman–Crippen MR) is 127 cm³/mol. The summed E-state index contributed by atoms with van der Waals surface area (Å²) in [4.78, 5) is 29.8. The van der Waals surface area contributed by atoms with Crippen LogP contribution in [0.2, 0.25) is 0 Å². The fourth-order valence-corrected chi connectivity index (χ4v) is 6.71. The normalized spacial score (nSPS) is 31.2. The largest absolute Gasteiger partial charge is 0.489 e. The summed E-state index contributed by atoms with van der Waals surface area (Å²) in [6, 6.07) is 5.86. The second kappa shape index (κ2) is 8.68. The molecule has 6 rings (SSSR count). The molecule has 3 atom stereocenters. The number of amides is 2. The first-order valence-corrected chi connectivity index (χ1v) is 12.9. The molecule has 0 aromatic heterocycles. The van der Waals surface area contributed by atoms with Crippen molar-refractivity contribution in [1.82, 2.24) is 15.1 Å². The summed E-state index contributed by atoms with van der Waals surface area (Å²) in [5.41, 5.74) is 2.79. The van der Waals surface area contributed by atoms with Gasteiger partial charge in [-0.2, -0.15) is 0 Å². The number of nitrogens with zero attached hydrogens (tertiary/aromatic N) is 2. The van der Waals surface area contributed by atoms with Gasteiger partial charge in [0, 0.05) is 30.5 Å². The van der Waals surface area contributed by atoms with E-state index in [-0.39, 0.29) is 17.9 Å². The highest BCUT2D eigenvalue weighted by atomic mass is 16.5. The Labute approximate surface area is 201 Å². The van der Waals surface area contributed by atoms with Gasteiger partial charge in [-0.15, -0.1) is 0 Å². The Morgan fingerprint density at radius 3 is 2.74 bits per heavy atom. The van der Waals surface area contributed by atoms with Gasteiger partial charge in [0.1, 0.15) is 17.9 Å². The number of ether oxygens (including phenoxy) is 2. The monoisotopic (exact) mass is 465 g/mol. The van der Waals surface area contributed by atoms with E-state index in [4.69, 9.17) is 9.47 Å². The summed E-state index contributed by atoms with van der Waals surface area (Å²) in [6.07, 6.45) is 8.66. The van der Waals surface area contributed by atoms with Gasteiger partial charge in [0.25, 0.3) is 5.91 Å². The molecule has 0 radical (unpaired) electrons. The van der Waals surface area contributed by atoms with E-state index in [1.807, 2.05) is 18.2 Å². The van der Waals surface area contributed by atoms with Crippen molar-refractivity contribution >= 4 is 11.8 Å². The van der Waals surface area contributed by atoms with Crippen LogP contribution < -0.4 is 10.1 Å². The van der Waals surface area contributed by atoms with Crippen LogP contribution in [-0.2, 0) is 16.1 Å². The number of allylic oxidation sites excluding steroid dienone is 1. The van der Waals surface area contributed by atoms with E-state index in [1.54, 1.807) is 4.90 Å². The van der Waals surface area contributed by atoms with Crippen LogP contribution in [0.4, 0.5) is 0 Å². The average Bonchev–Trinajstić information content (AvgIpc) is 3.55. The van der Waals surface area contributed by atoms with E-state index < -0.39 is 6.04 Å². The predicted octanol–water partition coefficient (Wildman–Crippen LogP) is 3.24. The Hall–Kier alpha value is -2.38. The first kappa shape index (κ1) is 22.1. The molecule has 7 nitrogen and oxygen atoms in total. The van der Waals surface area contributed by atoms with Crippen molar-refractivity contribution in [2.45, 2.75) is 76.1 Å². The number of carbonyl (C=O) groups is 2. The van der Waals surface area contributed by atoms with E-state index >= 15 is 0 Å². The minimum absolute atomic E-state index is 0.0638. The molecule has 3 saturated heterocycles. The SMILES string of the molecule is C=C1CCC(N2Cc3cc(O[C@@H]4CCC[C@@H]4N4CCC5(CCOC5)CC4)ccc3C2=O)C(=O)N1. The highest BCUT2D eigenvalue weighted by molar-refractivity contribution is 6.01. The van der Waals surface area contributed by atoms with E-state index in [0.29, 0.717) is 36.4 Å². The molecule has 1 unspecified atom stereocenters. The third-order valence-corrected chi connectivity index (χ3v) is 8.82. The Kier molecular flexibility index (Phi) is 5.65. The molecular formula is C27H35N3O4. The molecule has 34 heavy (non-hydrogen) atoms. The Morgan fingerprint density at radius 2 is 1.97 bits per heavy atom. The number of hydrogen-bond acceptors (Lipinski definition) is 5. The standard InChI is InChI=1S/C27H35N3O4/c1-18-5-8-23(25(31)28-18)30-16-19-15-20(6-7-21(19)26(30)32)34-24-4-2-3-22(24)29-12-9-27(10-13-29)11-14-33-17-27/h6-7,15,22-24H,1-5,8-14,16-17H2,(H,28,31)/t22-,23?,24+/m0/s1. The van der Waals surface area contributed by atoms with Crippen molar-refractivity contribution < 1.29 is 19.1 Å². The van der Waals surface area contributed by atoms with Crippen molar-refractivity contribution in [3.63, 3.8) is 0 Å². The molecule has 1 spiro atoms. The van der Waals surface area contributed by atoms with Gasteiger partial charge in [-0.05, 0) is 93.6 Å². The molecule has 4 fully saturated rings. The number of nitrogens with one attached hydrogen (secondary N) is 1. The van der Waals surface area contributed by atoms with E-state index in [0.717, 1.165) is 49.7 Å². The number of rotatable bonds is 4. The first-order valence-electron chi connectivity index (χ1n) is 12.9. The number of fused-ring (bicyclic) bond motifs is 1. The molecule has 1 aromatic carbocycles. The van der Waals surface area contributed by atoms with Crippen LogP contribution in [0.5, 0.6) is 5.75 Å². The number of carbonyl (C=O) groups excluding carboxylic acids is 2. The van der Waals surface area contributed by atoms with E-state index in [9.17, 15) is 9.59 Å². The van der Waals surface area contributed by atoms with Crippen molar-refractivity contribution in [3.8, 4) is 5.75 Å². The Balaban J connectivity index is 1.11. The van der Waals surface area contributed by atoms with Crippen LogP contribution in [0.1, 0.15) is 67.3 Å². The second-order valence-electron chi connectivity index (χ2n) is 10.9. The summed E-state index contributed by atoms with van der Waals surface area (Å²) in [5, 5.41) is 2.80. The molecule has 7 heteroatoms. The summed E-state index contributed by atoms with van der Waals surface area (Å²) in [5.74, 6) is 0.644. The van der Waals surface area contributed by atoms with Crippen LogP contribution in [-0.4, -0.2) is 66.1 Å². The number of benzene rings is 1. The molecule has 182 valence electrons. The maximum absolute atomic E-state index is 13.0. The summed E-state index contributed by atoms with van der Waals surface area (Å²) >= 11 is 0. The zero-order valence-electron chi connectivity index (χ0n) is 19.9. The topological polar surface area (TPSA) is 71.1 Å². The van der Waals surface area contributed by atoms with Crippen LogP contribution in [0.3, 0.4) is 0 Å². The van der Waals surface area contributed by atoms with Crippen molar-refractivity contribution in [3.05, 3.63) is 41.6 Å². The highest BCUT2D eigenvalue weighted by Crippen LogP contribution is 2.41. The number of likely N-dealkylation sites (tertiary alicyclic amines) is 1. The summed E-state index contributed by atoms with van der Waals surface area (Å²) in [6.45, 7) is 8.44. The molecule has 4 aliphatic heterocycles. The van der Waals surface area contributed by atoms with Crippen molar-refractivity contribution in [2.24, 2.45) is 5.41 Å². The minimum atomic E-state index is -0.429. The lowest BCUT2D eigenvalue weighted by Crippen LogP contribution is -2.49. The van der Waals surface area contributed by atoms with Gasteiger partial charge in [0.15, 0.2) is 0 Å². The van der Waals surface area contributed by atoms with Gasteiger partial charge >= 0.3 is 0 Å². The van der Waals surface area contributed by atoms with Crippen LogP contribution in [0, 0.1) is 5.41 Å². The Morgan fingerprint density at radius 1 is 1.12 bits per heavy atom. The minimum Gasteiger partial charge on any atom is -0.489 e. The molecule has 1 aliphatic carbocycles. The van der Waals surface area contributed by atoms with Gasteiger partial charge < -0.3 is 19.7 Å². The van der Waals surface area contributed by atoms with Crippen LogP contribution in [0.25, 0.3) is 0 Å². The van der Waals surface area contributed by atoms with Gasteiger partial charge in [-0.25, -0.2) is 0 Å². The average molecular weight is 466 g/mol.